The smallest absolute Gasteiger partial charge is 0.401 e. The number of ketones is 1. The van der Waals surface area contributed by atoms with Crippen molar-refractivity contribution in [3.8, 4) is 0 Å². The van der Waals surface area contributed by atoms with E-state index in [0.29, 0.717) is 23.3 Å². The minimum atomic E-state index is -0.604. The quantitative estimate of drug-likeness (QED) is 0.469. The predicted octanol–water partition coefficient (Wildman–Crippen LogP) is 3.01. The van der Waals surface area contributed by atoms with Crippen LogP contribution in [0.2, 0.25) is 0 Å². The zero-order valence-corrected chi connectivity index (χ0v) is 9.83. The largest absolute Gasteiger partial charge is 0.433 e. The SMILES string of the molecule is O=C1/C(=C/c2ccc([N+](=O)[O-])o2)Cc2ccccc21. The standard InChI is InChI=1S/C14H9NO4/c16-14-10(7-9-3-1-2-4-12(9)14)8-11-5-6-13(19-11)15(17)18/h1-6,8H,7H2/b10-8+. The number of fused-ring (bicyclic) bond motifs is 1. The molecule has 1 aromatic carbocycles. The first-order valence-electron chi connectivity index (χ1n) is 5.72. The van der Waals surface area contributed by atoms with Crippen molar-refractivity contribution in [2.45, 2.75) is 6.42 Å². The van der Waals surface area contributed by atoms with E-state index >= 15 is 0 Å². The summed E-state index contributed by atoms with van der Waals surface area (Å²) in [6.45, 7) is 0. The minimum Gasteiger partial charge on any atom is -0.401 e. The predicted molar refractivity (Wildman–Crippen MR) is 67.8 cm³/mol. The molecule has 3 rings (SSSR count). The maximum absolute atomic E-state index is 12.1. The van der Waals surface area contributed by atoms with Crippen LogP contribution < -0.4 is 0 Å². The summed E-state index contributed by atoms with van der Waals surface area (Å²) in [4.78, 5) is 22.0. The molecule has 0 unspecified atom stereocenters. The third-order valence-electron chi connectivity index (χ3n) is 3.04. The number of allylic oxidation sites excluding steroid dienone is 1. The molecule has 5 nitrogen and oxygen atoms in total. The van der Waals surface area contributed by atoms with E-state index in [1.54, 1.807) is 12.1 Å². The van der Waals surface area contributed by atoms with Crippen LogP contribution in [0.4, 0.5) is 5.88 Å². The van der Waals surface area contributed by atoms with Crippen LogP contribution >= 0.6 is 0 Å². The zero-order valence-electron chi connectivity index (χ0n) is 9.83. The summed E-state index contributed by atoms with van der Waals surface area (Å²) in [5.41, 5.74) is 2.25. The van der Waals surface area contributed by atoms with Gasteiger partial charge < -0.3 is 4.42 Å². The third kappa shape index (κ3) is 1.95. The van der Waals surface area contributed by atoms with Gasteiger partial charge >= 0.3 is 5.88 Å². The maximum atomic E-state index is 12.1. The fourth-order valence-electron chi connectivity index (χ4n) is 2.16. The monoisotopic (exact) mass is 255 g/mol. The lowest BCUT2D eigenvalue weighted by molar-refractivity contribution is -0.402. The van der Waals surface area contributed by atoms with E-state index in [1.807, 2.05) is 18.2 Å². The molecule has 0 fully saturated rings. The second-order valence-corrected chi connectivity index (χ2v) is 4.27. The molecule has 0 saturated carbocycles. The molecule has 0 atom stereocenters. The average Bonchev–Trinajstić information content (AvgIpc) is 2.97. The molecule has 1 aliphatic carbocycles. The number of carbonyl (C=O) groups excluding carboxylic acids is 1. The van der Waals surface area contributed by atoms with Crippen LogP contribution in [0.3, 0.4) is 0 Å². The van der Waals surface area contributed by atoms with Crippen molar-refractivity contribution in [2.75, 3.05) is 0 Å². The Labute approximate surface area is 108 Å². The molecule has 2 aromatic rings. The number of hydrogen-bond donors (Lipinski definition) is 0. The Morgan fingerprint density at radius 2 is 2.00 bits per heavy atom. The number of nitro groups is 1. The highest BCUT2D eigenvalue weighted by Crippen LogP contribution is 2.28. The molecule has 94 valence electrons. The second-order valence-electron chi connectivity index (χ2n) is 4.27. The Hall–Kier alpha value is -2.69. The fourth-order valence-corrected chi connectivity index (χ4v) is 2.16. The van der Waals surface area contributed by atoms with E-state index in [4.69, 9.17) is 4.42 Å². The van der Waals surface area contributed by atoms with Gasteiger partial charge in [-0.25, -0.2) is 0 Å². The number of hydrogen-bond acceptors (Lipinski definition) is 4. The van der Waals surface area contributed by atoms with Crippen LogP contribution in [0.25, 0.3) is 6.08 Å². The molecule has 0 aliphatic heterocycles. The van der Waals surface area contributed by atoms with Gasteiger partial charge in [0.25, 0.3) is 0 Å². The summed E-state index contributed by atoms with van der Waals surface area (Å²) >= 11 is 0. The van der Waals surface area contributed by atoms with Gasteiger partial charge in [0.2, 0.25) is 0 Å². The van der Waals surface area contributed by atoms with Gasteiger partial charge in [-0.3, -0.25) is 14.9 Å². The van der Waals surface area contributed by atoms with E-state index in [0.717, 1.165) is 5.56 Å². The lowest BCUT2D eigenvalue weighted by Gasteiger charge is -1.92. The molecule has 1 aliphatic rings. The van der Waals surface area contributed by atoms with Crippen LogP contribution in [0.1, 0.15) is 21.7 Å². The zero-order chi connectivity index (χ0) is 13.4. The summed E-state index contributed by atoms with van der Waals surface area (Å²) < 4.78 is 5.03. The van der Waals surface area contributed by atoms with Crippen molar-refractivity contribution in [2.24, 2.45) is 0 Å². The van der Waals surface area contributed by atoms with Crippen LogP contribution in [-0.4, -0.2) is 10.7 Å². The summed E-state index contributed by atoms with van der Waals surface area (Å²) in [6.07, 6.45) is 2.10. The Morgan fingerprint density at radius 3 is 2.68 bits per heavy atom. The Balaban J connectivity index is 1.94. The lowest BCUT2D eigenvalue weighted by Crippen LogP contribution is -1.94. The Morgan fingerprint density at radius 1 is 1.21 bits per heavy atom. The minimum absolute atomic E-state index is 0.0466. The van der Waals surface area contributed by atoms with E-state index in [-0.39, 0.29) is 11.7 Å². The Bertz CT molecular complexity index is 712. The van der Waals surface area contributed by atoms with Crippen molar-refractivity contribution in [1.29, 1.82) is 0 Å². The van der Waals surface area contributed by atoms with Gasteiger partial charge in [-0.1, -0.05) is 24.3 Å². The normalized spacial score (nSPS) is 15.8. The van der Waals surface area contributed by atoms with E-state index in [1.165, 1.54) is 12.1 Å². The molecular formula is C14H9NO4. The summed E-state index contributed by atoms with van der Waals surface area (Å²) in [6, 6.07) is 10.1. The molecule has 5 heteroatoms. The molecule has 0 N–H and O–H groups in total. The number of furan rings is 1. The highest BCUT2D eigenvalue weighted by Gasteiger charge is 2.24. The van der Waals surface area contributed by atoms with Crippen LogP contribution in [0.15, 0.2) is 46.4 Å². The van der Waals surface area contributed by atoms with Crippen LogP contribution in [0.5, 0.6) is 0 Å². The first-order valence-corrected chi connectivity index (χ1v) is 5.72. The van der Waals surface area contributed by atoms with Crippen molar-refractivity contribution in [3.63, 3.8) is 0 Å². The van der Waals surface area contributed by atoms with Gasteiger partial charge in [-0.05, 0) is 17.7 Å². The first kappa shape index (κ1) is 11.4. The van der Waals surface area contributed by atoms with E-state index in [9.17, 15) is 14.9 Å². The topological polar surface area (TPSA) is 73.3 Å². The third-order valence-corrected chi connectivity index (χ3v) is 3.04. The highest BCUT2D eigenvalue weighted by atomic mass is 16.6. The molecule has 1 aromatic heterocycles. The van der Waals surface area contributed by atoms with Gasteiger partial charge in [-0.15, -0.1) is 0 Å². The molecule has 0 radical (unpaired) electrons. The number of nitrogens with zero attached hydrogens (tertiary/aromatic N) is 1. The fraction of sp³-hybridized carbons (Fsp3) is 0.0714. The van der Waals surface area contributed by atoms with E-state index in [2.05, 4.69) is 0 Å². The van der Waals surface area contributed by atoms with Gasteiger partial charge in [0.15, 0.2) is 5.78 Å². The summed E-state index contributed by atoms with van der Waals surface area (Å²) in [7, 11) is 0. The molecule has 0 saturated heterocycles. The molecule has 1 heterocycles. The maximum Gasteiger partial charge on any atom is 0.433 e. The second kappa shape index (κ2) is 4.20. The number of rotatable bonds is 2. The molecule has 0 spiro atoms. The van der Waals surface area contributed by atoms with Gasteiger partial charge in [0.1, 0.15) is 10.7 Å². The van der Waals surface area contributed by atoms with Crippen LogP contribution in [-0.2, 0) is 6.42 Å². The summed E-state index contributed by atoms with van der Waals surface area (Å²) in [5, 5.41) is 10.5. The van der Waals surface area contributed by atoms with Crippen molar-refractivity contribution in [3.05, 3.63) is 69.0 Å². The average molecular weight is 255 g/mol. The molecule has 0 bridgehead atoms. The van der Waals surface area contributed by atoms with Crippen molar-refractivity contribution >= 4 is 17.7 Å². The number of benzene rings is 1. The van der Waals surface area contributed by atoms with Gasteiger partial charge in [0.05, 0.1) is 6.07 Å². The highest BCUT2D eigenvalue weighted by molar-refractivity contribution is 6.15. The first-order chi connectivity index (χ1) is 9.15. The molecular weight excluding hydrogens is 246 g/mol. The van der Waals surface area contributed by atoms with Gasteiger partial charge in [0, 0.05) is 17.6 Å². The Kier molecular flexibility index (Phi) is 2.52. The van der Waals surface area contributed by atoms with Crippen molar-refractivity contribution < 1.29 is 14.1 Å². The van der Waals surface area contributed by atoms with Gasteiger partial charge in [-0.2, -0.15) is 0 Å². The van der Waals surface area contributed by atoms with Crippen LogP contribution in [0, 0.1) is 10.1 Å². The van der Waals surface area contributed by atoms with E-state index < -0.39 is 4.92 Å². The summed E-state index contributed by atoms with van der Waals surface area (Å²) in [5.74, 6) is -0.0488. The molecule has 19 heavy (non-hydrogen) atoms. The lowest BCUT2D eigenvalue weighted by atomic mass is 10.1. The number of Topliss-reactive ketones (excluding diaryl/α,β-unsaturated/α-hetero) is 1. The number of carbonyl (C=O) groups is 1. The van der Waals surface area contributed by atoms with Crippen molar-refractivity contribution in [1.82, 2.24) is 0 Å². The molecule has 0 amide bonds.